The van der Waals surface area contributed by atoms with E-state index in [1.807, 2.05) is 18.3 Å². The summed E-state index contributed by atoms with van der Waals surface area (Å²) in [5, 5.41) is 0. The third-order valence-corrected chi connectivity index (χ3v) is 4.36. The lowest BCUT2D eigenvalue weighted by molar-refractivity contribution is -0.913. The van der Waals surface area contributed by atoms with Gasteiger partial charge in [-0.15, -0.1) is 0 Å². The molecule has 98 valence electrons. The predicted octanol–water partition coefficient (Wildman–Crippen LogP) is 1.61. The molecule has 4 rings (SSSR count). The van der Waals surface area contributed by atoms with E-state index < -0.39 is 0 Å². The molecule has 19 heavy (non-hydrogen) atoms. The number of quaternary nitrogens is 1. The number of morpholine rings is 1. The Kier molecular flexibility index (Phi) is 2.28. The van der Waals surface area contributed by atoms with Crippen molar-refractivity contribution in [1.82, 2.24) is 14.5 Å². The molecule has 2 aromatic rings. The Bertz CT molecular complexity index is 667. The van der Waals surface area contributed by atoms with Crippen LogP contribution in [0.3, 0.4) is 0 Å². The van der Waals surface area contributed by atoms with E-state index >= 15 is 0 Å². The SMILES string of the molecule is CC1=Cn2c(nc3cccnc32)C[N+]12CCOCC2. The topological polar surface area (TPSA) is 39.9 Å². The van der Waals surface area contributed by atoms with E-state index in [4.69, 9.17) is 9.72 Å². The van der Waals surface area contributed by atoms with Gasteiger partial charge in [0.25, 0.3) is 0 Å². The van der Waals surface area contributed by atoms with Crippen molar-refractivity contribution in [2.24, 2.45) is 0 Å². The standard InChI is InChI=1S/C14H17N4O/c1-11-9-17-13(10-18(11)5-7-19-8-6-18)16-12-3-2-4-15-14(12)17/h2-4,9H,5-8,10H2,1H3/q+1. The van der Waals surface area contributed by atoms with Gasteiger partial charge in [-0.25, -0.2) is 9.97 Å². The molecule has 2 aliphatic heterocycles. The second-order valence-corrected chi connectivity index (χ2v) is 5.38. The molecular weight excluding hydrogens is 240 g/mol. The molecule has 0 unspecified atom stereocenters. The largest absolute Gasteiger partial charge is 0.370 e. The molecule has 5 nitrogen and oxygen atoms in total. The van der Waals surface area contributed by atoms with Gasteiger partial charge in [0, 0.05) is 13.1 Å². The average Bonchev–Trinajstić information content (AvgIpc) is 2.78. The smallest absolute Gasteiger partial charge is 0.171 e. The Morgan fingerprint density at radius 2 is 2.16 bits per heavy atom. The number of hydrogen-bond acceptors (Lipinski definition) is 3. The maximum absolute atomic E-state index is 5.51. The number of imidazole rings is 1. The van der Waals surface area contributed by atoms with Gasteiger partial charge in [0.1, 0.15) is 30.8 Å². The van der Waals surface area contributed by atoms with Crippen LogP contribution in [0.5, 0.6) is 0 Å². The summed E-state index contributed by atoms with van der Waals surface area (Å²) in [7, 11) is 0. The minimum absolute atomic E-state index is 0.837. The van der Waals surface area contributed by atoms with E-state index in [0.29, 0.717) is 0 Å². The van der Waals surface area contributed by atoms with E-state index in [1.54, 1.807) is 0 Å². The van der Waals surface area contributed by atoms with Crippen LogP contribution in [0.4, 0.5) is 0 Å². The van der Waals surface area contributed by atoms with Crippen molar-refractivity contribution in [2.45, 2.75) is 13.5 Å². The molecule has 0 radical (unpaired) electrons. The van der Waals surface area contributed by atoms with Crippen molar-refractivity contribution in [3.8, 4) is 0 Å². The van der Waals surface area contributed by atoms with Crippen molar-refractivity contribution in [3.63, 3.8) is 0 Å². The van der Waals surface area contributed by atoms with Crippen molar-refractivity contribution in [2.75, 3.05) is 26.3 Å². The summed E-state index contributed by atoms with van der Waals surface area (Å²) in [6.07, 6.45) is 4.03. The summed E-state index contributed by atoms with van der Waals surface area (Å²) >= 11 is 0. The molecule has 0 aliphatic carbocycles. The highest BCUT2D eigenvalue weighted by Crippen LogP contribution is 2.30. The first kappa shape index (κ1) is 11.1. The second kappa shape index (κ2) is 3.88. The van der Waals surface area contributed by atoms with Gasteiger partial charge in [-0.2, -0.15) is 0 Å². The van der Waals surface area contributed by atoms with Gasteiger partial charge in [0.05, 0.1) is 19.4 Å². The van der Waals surface area contributed by atoms with Crippen LogP contribution in [0.25, 0.3) is 17.4 Å². The normalized spacial score (nSPS) is 21.4. The predicted molar refractivity (Wildman–Crippen MR) is 72.0 cm³/mol. The van der Waals surface area contributed by atoms with Gasteiger partial charge >= 0.3 is 0 Å². The van der Waals surface area contributed by atoms with Crippen LogP contribution in [0.1, 0.15) is 12.7 Å². The first-order valence-electron chi connectivity index (χ1n) is 6.73. The molecule has 0 saturated carbocycles. The second-order valence-electron chi connectivity index (χ2n) is 5.38. The highest BCUT2D eigenvalue weighted by atomic mass is 16.5. The number of fused-ring (bicyclic) bond motifs is 3. The highest BCUT2D eigenvalue weighted by molar-refractivity contribution is 5.74. The minimum Gasteiger partial charge on any atom is -0.370 e. The van der Waals surface area contributed by atoms with Gasteiger partial charge in [0.15, 0.2) is 11.5 Å². The van der Waals surface area contributed by atoms with Gasteiger partial charge in [-0.3, -0.25) is 9.05 Å². The Balaban J connectivity index is 1.87. The van der Waals surface area contributed by atoms with Crippen LogP contribution in [0.2, 0.25) is 0 Å². The van der Waals surface area contributed by atoms with E-state index in [1.165, 1.54) is 5.70 Å². The summed E-state index contributed by atoms with van der Waals surface area (Å²) in [5.41, 5.74) is 3.32. The van der Waals surface area contributed by atoms with Gasteiger partial charge < -0.3 is 4.74 Å². The number of hydrogen-bond donors (Lipinski definition) is 0. The summed E-state index contributed by atoms with van der Waals surface area (Å²) in [6.45, 7) is 6.91. The molecule has 1 saturated heterocycles. The molecule has 5 heteroatoms. The molecule has 0 aromatic carbocycles. The van der Waals surface area contributed by atoms with Gasteiger partial charge in [-0.05, 0) is 12.1 Å². The zero-order chi connectivity index (χ0) is 12.9. The number of pyridine rings is 1. The summed E-state index contributed by atoms with van der Waals surface area (Å²) in [5.74, 6) is 1.11. The number of nitrogens with zero attached hydrogens (tertiary/aromatic N) is 4. The van der Waals surface area contributed by atoms with Crippen LogP contribution in [-0.4, -0.2) is 45.3 Å². The van der Waals surface area contributed by atoms with Crippen molar-refractivity contribution in [3.05, 3.63) is 29.9 Å². The van der Waals surface area contributed by atoms with Crippen LogP contribution < -0.4 is 0 Å². The third-order valence-electron chi connectivity index (χ3n) is 4.36. The van der Waals surface area contributed by atoms with Crippen LogP contribution in [0.15, 0.2) is 24.0 Å². The maximum atomic E-state index is 5.51. The lowest BCUT2D eigenvalue weighted by Crippen LogP contribution is -2.54. The molecule has 0 atom stereocenters. The highest BCUT2D eigenvalue weighted by Gasteiger charge is 2.38. The fourth-order valence-electron chi connectivity index (χ4n) is 3.13. The van der Waals surface area contributed by atoms with Crippen molar-refractivity contribution < 1.29 is 9.22 Å². The average molecular weight is 257 g/mol. The number of rotatable bonds is 0. The van der Waals surface area contributed by atoms with E-state index in [0.717, 1.165) is 54.3 Å². The lowest BCUT2D eigenvalue weighted by Gasteiger charge is -2.42. The Morgan fingerprint density at radius 1 is 1.32 bits per heavy atom. The minimum atomic E-state index is 0.837. The van der Waals surface area contributed by atoms with E-state index in [9.17, 15) is 0 Å². The zero-order valence-electron chi connectivity index (χ0n) is 11.0. The molecule has 0 bridgehead atoms. The van der Waals surface area contributed by atoms with Crippen molar-refractivity contribution >= 4 is 17.4 Å². The molecule has 2 aliphatic rings. The Hall–Kier alpha value is -1.72. The quantitative estimate of drug-likeness (QED) is 0.673. The molecule has 2 aromatic heterocycles. The molecular formula is C14H17N4O+. The fraction of sp³-hybridized carbons (Fsp3) is 0.429. The Morgan fingerprint density at radius 3 is 3.00 bits per heavy atom. The van der Waals surface area contributed by atoms with Gasteiger partial charge in [-0.1, -0.05) is 0 Å². The monoisotopic (exact) mass is 257 g/mol. The summed E-state index contributed by atoms with van der Waals surface area (Å²) in [4.78, 5) is 9.18. The Labute approximate surface area is 111 Å². The summed E-state index contributed by atoms with van der Waals surface area (Å²) in [6, 6.07) is 3.97. The number of ether oxygens (including phenoxy) is 1. The van der Waals surface area contributed by atoms with Crippen LogP contribution in [-0.2, 0) is 11.3 Å². The van der Waals surface area contributed by atoms with E-state index in [2.05, 4.69) is 22.7 Å². The number of allylic oxidation sites excluding steroid dienone is 1. The molecule has 0 N–H and O–H groups in total. The first-order chi connectivity index (χ1) is 9.28. The number of aromatic nitrogens is 3. The third kappa shape index (κ3) is 1.55. The lowest BCUT2D eigenvalue weighted by atomic mass is 10.2. The molecule has 1 spiro atoms. The fourth-order valence-corrected chi connectivity index (χ4v) is 3.13. The summed E-state index contributed by atoms with van der Waals surface area (Å²) < 4.78 is 8.64. The zero-order valence-corrected chi connectivity index (χ0v) is 11.0. The van der Waals surface area contributed by atoms with E-state index in [-0.39, 0.29) is 0 Å². The molecule has 1 fully saturated rings. The molecule has 0 amide bonds. The van der Waals surface area contributed by atoms with Crippen LogP contribution >= 0.6 is 0 Å². The molecule has 4 heterocycles. The van der Waals surface area contributed by atoms with Crippen LogP contribution in [0, 0.1) is 0 Å². The first-order valence-corrected chi connectivity index (χ1v) is 6.73. The van der Waals surface area contributed by atoms with Gasteiger partial charge in [0.2, 0.25) is 0 Å². The maximum Gasteiger partial charge on any atom is 0.171 e. The van der Waals surface area contributed by atoms with Crippen molar-refractivity contribution in [1.29, 1.82) is 0 Å².